The molecule has 2 fully saturated rings. The summed E-state index contributed by atoms with van der Waals surface area (Å²) in [6.07, 6.45) is 9.84. The van der Waals surface area contributed by atoms with Gasteiger partial charge in [0.25, 0.3) is 0 Å². The Kier molecular flexibility index (Phi) is 8.51. The van der Waals surface area contributed by atoms with E-state index in [9.17, 15) is 4.79 Å². The zero-order valence-electron chi connectivity index (χ0n) is 20.4. The number of benzene rings is 1. The van der Waals surface area contributed by atoms with E-state index >= 15 is 0 Å². The first kappa shape index (κ1) is 24.2. The third-order valence-corrected chi connectivity index (χ3v) is 6.69. The van der Waals surface area contributed by atoms with Crippen LogP contribution in [0.5, 0.6) is 0 Å². The molecule has 1 atom stereocenters. The van der Waals surface area contributed by atoms with Crippen LogP contribution in [0.25, 0.3) is 0 Å². The molecule has 1 unspecified atom stereocenters. The van der Waals surface area contributed by atoms with E-state index in [0.29, 0.717) is 29.9 Å². The number of carbonyl (C=O) groups excluding carboxylic acids is 1. The molecule has 1 amide bonds. The van der Waals surface area contributed by atoms with E-state index in [4.69, 9.17) is 4.98 Å². The summed E-state index contributed by atoms with van der Waals surface area (Å²) in [7, 11) is 0. The van der Waals surface area contributed by atoms with Gasteiger partial charge in [0.15, 0.2) is 0 Å². The summed E-state index contributed by atoms with van der Waals surface area (Å²) in [4.78, 5) is 27.8. The fourth-order valence-corrected chi connectivity index (χ4v) is 4.90. The van der Waals surface area contributed by atoms with Crippen LogP contribution >= 0.6 is 0 Å². The first-order chi connectivity index (χ1) is 16.6. The van der Waals surface area contributed by atoms with Gasteiger partial charge >= 0.3 is 0 Å². The Bertz CT molecular complexity index is 927. The Morgan fingerprint density at radius 3 is 2.29 bits per heavy atom. The lowest BCUT2D eigenvalue weighted by Crippen LogP contribution is -2.35. The highest BCUT2D eigenvalue weighted by atomic mass is 16.1. The Morgan fingerprint density at radius 1 is 0.912 bits per heavy atom. The molecule has 4 N–H and O–H groups in total. The average Bonchev–Trinajstić information content (AvgIpc) is 3.13. The normalized spacial score (nSPS) is 19.4. The first-order valence-electron chi connectivity index (χ1n) is 12.7. The summed E-state index contributed by atoms with van der Waals surface area (Å²) in [5, 5.41) is 13.1. The fraction of sp³-hybridized carbons (Fsp3) is 0.600. The molecular weight excluding hydrogens is 428 g/mol. The highest BCUT2D eigenvalue weighted by molar-refractivity contribution is 5.88. The minimum Gasteiger partial charge on any atom is -0.352 e. The summed E-state index contributed by atoms with van der Waals surface area (Å²) >= 11 is 0. The van der Waals surface area contributed by atoms with Crippen LogP contribution in [0, 0.1) is 0 Å². The monoisotopic (exact) mass is 466 g/mol. The summed E-state index contributed by atoms with van der Waals surface area (Å²) in [5.41, 5.74) is 1.60. The van der Waals surface area contributed by atoms with Crippen LogP contribution in [0.3, 0.4) is 0 Å². The molecule has 184 valence electrons. The van der Waals surface area contributed by atoms with Crippen LogP contribution in [-0.2, 0) is 4.79 Å². The third kappa shape index (κ3) is 7.03. The summed E-state index contributed by atoms with van der Waals surface area (Å²) in [5.74, 6) is 1.61. The van der Waals surface area contributed by atoms with Gasteiger partial charge in [-0.05, 0) is 63.0 Å². The van der Waals surface area contributed by atoms with Crippen molar-refractivity contribution in [2.24, 2.45) is 0 Å². The number of anilines is 5. The molecule has 9 heteroatoms. The topological polar surface area (TPSA) is 107 Å². The number of likely N-dealkylation sites (tertiary alicyclic amines) is 1. The van der Waals surface area contributed by atoms with Gasteiger partial charge in [0, 0.05) is 36.9 Å². The number of carbonyl (C=O) groups is 1. The second-order valence-corrected chi connectivity index (χ2v) is 9.33. The van der Waals surface area contributed by atoms with Crippen molar-refractivity contribution in [1.82, 2.24) is 19.9 Å². The molecule has 1 saturated carbocycles. The molecule has 0 bridgehead atoms. The number of nitrogens with zero attached hydrogens (tertiary/aromatic N) is 4. The minimum atomic E-state index is -0.0907. The molecule has 0 radical (unpaired) electrons. The predicted octanol–water partition coefficient (Wildman–Crippen LogP) is 4.60. The number of amides is 1. The standard InChI is InChI=1S/C25H38N8O/c1-3-33-16-8-11-22(33)17-26-23-30-24(28-19-9-6-4-5-7-10-19)32-25(31-23)29-21-14-12-20(13-15-21)27-18(2)34/h12-15,19,22H,3-11,16-17H2,1-2H3,(H,27,34)(H3,26,28,29,30,31,32). The number of hydrogen-bond donors (Lipinski definition) is 4. The van der Waals surface area contributed by atoms with Gasteiger partial charge in [-0.15, -0.1) is 0 Å². The molecule has 2 aliphatic rings. The van der Waals surface area contributed by atoms with Gasteiger partial charge in [-0.2, -0.15) is 15.0 Å². The largest absolute Gasteiger partial charge is 0.352 e. The van der Waals surface area contributed by atoms with Crippen molar-refractivity contribution in [2.45, 2.75) is 77.3 Å². The number of rotatable bonds is 9. The zero-order chi connectivity index (χ0) is 23.8. The van der Waals surface area contributed by atoms with E-state index in [1.165, 1.54) is 45.4 Å². The number of hydrogen-bond acceptors (Lipinski definition) is 8. The van der Waals surface area contributed by atoms with E-state index in [1.54, 1.807) is 0 Å². The predicted molar refractivity (Wildman–Crippen MR) is 138 cm³/mol. The summed E-state index contributed by atoms with van der Waals surface area (Å²) in [6.45, 7) is 6.77. The van der Waals surface area contributed by atoms with Gasteiger partial charge in [-0.1, -0.05) is 32.6 Å². The lowest BCUT2D eigenvalue weighted by atomic mass is 10.1. The SMILES string of the molecule is CCN1CCCC1CNc1nc(Nc2ccc(NC(C)=O)cc2)nc(NC2CCCCCC2)n1. The van der Waals surface area contributed by atoms with E-state index < -0.39 is 0 Å². The molecule has 1 saturated heterocycles. The maximum atomic E-state index is 11.3. The van der Waals surface area contributed by atoms with Gasteiger partial charge in [0.2, 0.25) is 23.8 Å². The van der Waals surface area contributed by atoms with Crippen molar-refractivity contribution < 1.29 is 4.79 Å². The van der Waals surface area contributed by atoms with Crippen molar-refractivity contribution in [1.29, 1.82) is 0 Å². The molecular formula is C25H38N8O. The van der Waals surface area contributed by atoms with Gasteiger partial charge in [0.1, 0.15) is 0 Å². The molecule has 9 nitrogen and oxygen atoms in total. The lowest BCUT2D eigenvalue weighted by molar-refractivity contribution is -0.114. The lowest BCUT2D eigenvalue weighted by Gasteiger charge is -2.23. The van der Waals surface area contributed by atoms with Crippen LogP contribution in [0.1, 0.15) is 65.2 Å². The highest BCUT2D eigenvalue weighted by Gasteiger charge is 2.23. The van der Waals surface area contributed by atoms with Gasteiger partial charge in [-0.3, -0.25) is 9.69 Å². The molecule has 1 aromatic heterocycles. The quantitative estimate of drug-likeness (QED) is 0.397. The van der Waals surface area contributed by atoms with E-state index in [-0.39, 0.29) is 5.91 Å². The van der Waals surface area contributed by atoms with E-state index in [0.717, 1.165) is 43.9 Å². The maximum absolute atomic E-state index is 11.3. The average molecular weight is 467 g/mol. The Balaban J connectivity index is 1.48. The highest BCUT2D eigenvalue weighted by Crippen LogP contribution is 2.23. The smallest absolute Gasteiger partial charge is 0.233 e. The van der Waals surface area contributed by atoms with Crippen LogP contribution in [0.4, 0.5) is 29.2 Å². The number of nitrogens with one attached hydrogen (secondary N) is 4. The van der Waals surface area contributed by atoms with Crippen molar-refractivity contribution >= 4 is 35.1 Å². The van der Waals surface area contributed by atoms with Crippen molar-refractivity contribution in [3.8, 4) is 0 Å². The van der Waals surface area contributed by atoms with Crippen LogP contribution in [0.15, 0.2) is 24.3 Å². The summed E-state index contributed by atoms with van der Waals surface area (Å²) < 4.78 is 0. The first-order valence-corrected chi connectivity index (χ1v) is 12.7. The second kappa shape index (κ2) is 12.0. The van der Waals surface area contributed by atoms with Crippen LogP contribution in [0.2, 0.25) is 0 Å². The van der Waals surface area contributed by atoms with Crippen LogP contribution in [-0.4, -0.2) is 57.5 Å². The molecule has 2 aromatic rings. The number of likely N-dealkylation sites (N-methyl/N-ethyl adjacent to an activating group) is 1. The van der Waals surface area contributed by atoms with Crippen molar-refractivity contribution in [3.63, 3.8) is 0 Å². The summed E-state index contributed by atoms with van der Waals surface area (Å²) in [6, 6.07) is 8.42. The van der Waals surface area contributed by atoms with Gasteiger partial charge < -0.3 is 21.3 Å². The van der Waals surface area contributed by atoms with E-state index in [1.807, 2.05) is 24.3 Å². The number of aromatic nitrogens is 3. The molecule has 1 aliphatic heterocycles. The Labute approximate surface area is 202 Å². The van der Waals surface area contributed by atoms with Crippen molar-refractivity contribution in [3.05, 3.63) is 24.3 Å². The van der Waals surface area contributed by atoms with Crippen molar-refractivity contribution in [2.75, 3.05) is 40.9 Å². The minimum absolute atomic E-state index is 0.0907. The maximum Gasteiger partial charge on any atom is 0.233 e. The fourth-order valence-electron chi connectivity index (χ4n) is 4.90. The molecule has 1 aliphatic carbocycles. The molecule has 0 spiro atoms. The zero-order valence-corrected chi connectivity index (χ0v) is 20.4. The Morgan fingerprint density at radius 2 is 1.59 bits per heavy atom. The van der Waals surface area contributed by atoms with Gasteiger partial charge in [-0.25, -0.2) is 0 Å². The molecule has 4 rings (SSSR count). The van der Waals surface area contributed by atoms with Gasteiger partial charge in [0.05, 0.1) is 0 Å². The molecule has 2 heterocycles. The Hall–Kier alpha value is -2.94. The second-order valence-electron chi connectivity index (χ2n) is 9.33. The molecule has 1 aromatic carbocycles. The molecule has 34 heavy (non-hydrogen) atoms. The van der Waals surface area contributed by atoms with E-state index in [2.05, 4.69) is 43.1 Å². The third-order valence-electron chi connectivity index (χ3n) is 6.69. The van der Waals surface area contributed by atoms with Crippen LogP contribution < -0.4 is 21.3 Å².